The standard InChI is InChI=1S/C22H28N2O4S/c1-18-16-23(17-19-6-4-3-5-7-19)12-13-24(18)22(25)20-8-10-21(11-9-20)29(26,27)15-14-28-2/h3-11,18H,12-17H2,1-2H3. The minimum atomic E-state index is -3.39. The monoisotopic (exact) mass is 416 g/mol. The Labute approximate surface area is 173 Å². The van der Waals surface area contributed by atoms with Crippen LogP contribution in [0.4, 0.5) is 0 Å². The molecule has 1 fully saturated rings. The molecule has 0 radical (unpaired) electrons. The SMILES string of the molecule is COCCS(=O)(=O)c1ccc(C(=O)N2CCN(Cc3ccccc3)CC2C)cc1. The molecule has 0 spiro atoms. The second-order valence-electron chi connectivity index (χ2n) is 7.40. The topological polar surface area (TPSA) is 66.9 Å². The van der Waals surface area contributed by atoms with Gasteiger partial charge in [0.15, 0.2) is 9.84 Å². The molecule has 1 amide bonds. The van der Waals surface area contributed by atoms with Crippen LogP contribution in [0.25, 0.3) is 0 Å². The van der Waals surface area contributed by atoms with Crippen molar-refractivity contribution in [1.82, 2.24) is 9.80 Å². The van der Waals surface area contributed by atoms with Gasteiger partial charge in [-0.25, -0.2) is 8.42 Å². The molecule has 1 saturated heterocycles. The Balaban J connectivity index is 1.62. The fourth-order valence-corrected chi connectivity index (χ4v) is 4.77. The van der Waals surface area contributed by atoms with Crippen molar-refractivity contribution in [3.05, 3.63) is 65.7 Å². The predicted octanol–water partition coefficient (Wildman–Crippen LogP) is 2.45. The highest BCUT2D eigenvalue weighted by molar-refractivity contribution is 7.91. The highest BCUT2D eigenvalue weighted by Crippen LogP contribution is 2.18. The quantitative estimate of drug-likeness (QED) is 0.694. The number of benzene rings is 2. The number of piperazine rings is 1. The minimum Gasteiger partial charge on any atom is -0.384 e. The van der Waals surface area contributed by atoms with Gasteiger partial charge < -0.3 is 9.64 Å². The van der Waals surface area contributed by atoms with Gasteiger partial charge in [-0.2, -0.15) is 0 Å². The second-order valence-corrected chi connectivity index (χ2v) is 9.51. The van der Waals surface area contributed by atoms with Crippen LogP contribution in [0.5, 0.6) is 0 Å². The summed E-state index contributed by atoms with van der Waals surface area (Å²) < 4.78 is 29.3. The average Bonchev–Trinajstić information content (AvgIpc) is 2.73. The Morgan fingerprint density at radius 1 is 1.07 bits per heavy atom. The number of sulfone groups is 1. The van der Waals surface area contributed by atoms with Gasteiger partial charge in [-0.1, -0.05) is 30.3 Å². The highest BCUT2D eigenvalue weighted by Gasteiger charge is 2.28. The summed E-state index contributed by atoms with van der Waals surface area (Å²) in [6, 6.07) is 16.6. The smallest absolute Gasteiger partial charge is 0.254 e. The van der Waals surface area contributed by atoms with Crippen molar-refractivity contribution in [3.63, 3.8) is 0 Å². The van der Waals surface area contributed by atoms with Crippen LogP contribution in [0, 0.1) is 0 Å². The van der Waals surface area contributed by atoms with E-state index in [-0.39, 0.29) is 29.2 Å². The van der Waals surface area contributed by atoms with Crippen LogP contribution in [0.2, 0.25) is 0 Å². The molecule has 3 rings (SSSR count). The van der Waals surface area contributed by atoms with Crippen molar-refractivity contribution in [1.29, 1.82) is 0 Å². The maximum absolute atomic E-state index is 12.9. The van der Waals surface area contributed by atoms with Gasteiger partial charge in [-0.3, -0.25) is 9.69 Å². The average molecular weight is 417 g/mol. The van der Waals surface area contributed by atoms with Crippen LogP contribution in [0.3, 0.4) is 0 Å². The van der Waals surface area contributed by atoms with Crippen LogP contribution >= 0.6 is 0 Å². The summed E-state index contributed by atoms with van der Waals surface area (Å²) in [6.07, 6.45) is 0. The normalized spacial score (nSPS) is 18.0. The molecule has 1 heterocycles. The van der Waals surface area contributed by atoms with Gasteiger partial charge in [0, 0.05) is 44.9 Å². The lowest BCUT2D eigenvalue weighted by molar-refractivity contribution is 0.0475. The van der Waals surface area contributed by atoms with Gasteiger partial charge in [-0.05, 0) is 36.8 Å². The maximum Gasteiger partial charge on any atom is 0.254 e. The van der Waals surface area contributed by atoms with Crippen molar-refractivity contribution in [2.24, 2.45) is 0 Å². The van der Waals surface area contributed by atoms with E-state index >= 15 is 0 Å². The predicted molar refractivity (Wildman–Crippen MR) is 113 cm³/mol. The first-order valence-corrected chi connectivity index (χ1v) is 11.4. The van der Waals surface area contributed by atoms with Crippen molar-refractivity contribution >= 4 is 15.7 Å². The summed E-state index contributed by atoms with van der Waals surface area (Å²) in [5.74, 6) is -0.130. The van der Waals surface area contributed by atoms with Gasteiger partial charge in [0.1, 0.15) is 0 Å². The van der Waals surface area contributed by atoms with Gasteiger partial charge in [0.25, 0.3) is 5.91 Å². The molecule has 0 N–H and O–H groups in total. The fourth-order valence-electron chi connectivity index (χ4n) is 3.60. The molecule has 1 atom stereocenters. The Bertz CT molecular complexity index is 914. The van der Waals surface area contributed by atoms with Gasteiger partial charge >= 0.3 is 0 Å². The van der Waals surface area contributed by atoms with Gasteiger partial charge in [0.2, 0.25) is 0 Å². The van der Waals surface area contributed by atoms with Crippen LogP contribution in [-0.4, -0.2) is 69.3 Å². The number of nitrogens with zero attached hydrogens (tertiary/aromatic N) is 2. The lowest BCUT2D eigenvalue weighted by atomic mass is 10.1. The number of carbonyl (C=O) groups is 1. The summed E-state index contributed by atoms with van der Waals surface area (Å²) in [4.78, 5) is 17.4. The lowest BCUT2D eigenvalue weighted by Gasteiger charge is -2.40. The number of amides is 1. The second kappa shape index (κ2) is 9.52. The number of rotatable bonds is 7. The van der Waals surface area contributed by atoms with Crippen LogP contribution in [-0.2, 0) is 21.1 Å². The Morgan fingerprint density at radius 3 is 2.38 bits per heavy atom. The number of methoxy groups -OCH3 is 1. The first kappa shape index (κ1) is 21.5. The summed E-state index contributed by atoms with van der Waals surface area (Å²) in [5, 5.41) is 0. The summed E-state index contributed by atoms with van der Waals surface area (Å²) in [5.41, 5.74) is 1.78. The van der Waals surface area contributed by atoms with Crippen LogP contribution in [0.15, 0.2) is 59.5 Å². The Kier molecular flexibility index (Phi) is 7.05. The molecule has 1 aliphatic heterocycles. The largest absolute Gasteiger partial charge is 0.384 e. The molecule has 2 aromatic rings. The van der Waals surface area contributed by atoms with Crippen molar-refractivity contribution in [3.8, 4) is 0 Å². The number of carbonyl (C=O) groups excluding carboxylic acids is 1. The van der Waals surface area contributed by atoms with E-state index in [1.54, 1.807) is 12.1 Å². The number of ether oxygens (including phenoxy) is 1. The summed E-state index contributed by atoms with van der Waals surface area (Å²) in [6.45, 7) is 5.35. The Hall–Kier alpha value is -2.22. The van der Waals surface area contributed by atoms with E-state index in [4.69, 9.17) is 4.74 Å². The van der Waals surface area contributed by atoms with E-state index in [0.717, 1.165) is 19.6 Å². The number of hydrogen-bond acceptors (Lipinski definition) is 5. The van der Waals surface area contributed by atoms with Crippen molar-refractivity contribution in [2.45, 2.75) is 24.4 Å². The molecule has 0 aliphatic carbocycles. The first-order chi connectivity index (χ1) is 13.9. The summed E-state index contributed by atoms with van der Waals surface area (Å²) in [7, 11) is -1.92. The zero-order valence-corrected chi connectivity index (χ0v) is 17.8. The van der Waals surface area contributed by atoms with Crippen molar-refractivity contribution in [2.75, 3.05) is 39.1 Å². The van der Waals surface area contributed by atoms with E-state index in [2.05, 4.69) is 24.0 Å². The highest BCUT2D eigenvalue weighted by atomic mass is 32.2. The molecule has 1 unspecified atom stereocenters. The van der Waals surface area contributed by atoms with Crippen LogP contribution < -0.4 is 0 Å². The molecule has 6 nitrogen and oxygen atoms in total. The van der Waals surface area contributed by atoms with E-state index in [1.165, 1.54) is 24.8 Å². The fraction of sp³-hybridized carbons (Fsp3) is 0.409. The molecule has 0 aromatic heterocycles. The third-order valence-electron chi connectivity index (χ3n) is 5.24. The first-order valence-electron chi connectivity index (χ1n) is 9.80. The van der Waals surface area contributed by atoms with E-state index in [1.807, 2.05) is 23.1 Å². The van der Waals surface area contributed by atoms with Crippen LogP contribution in [0.1, 0.15) is 22.8 Å². The zero-order valence-electron chi connectivity index (χ0n) is 17.0. The molecular weight excluding hydrogens is 388 g/mol. The molecular formula is C22H28N2O4S. The Morgan fingerprint density at radius 2 is 1.76 bits per heavy atom. The molecule has 7 heteroatoms. The minimum absolute atomic E-state index is 0.0577. The number of hydrogen-bond donors (Lipinski definition) is 0. The van der Waals surface area contributed by atoms with E-state index in [9.17, 15) is 13.2 Å². The third kappa shape index (κ3) is 5.44. The third-order valence-corrected chi connectivity index (χ3v) is 6.93. The molecule has 1 aliphatic rings. The molecule has 29 heavy (non-hydrogen) atoms. The van der Waals surface area contributed by atoms with Gasteiger partial charge in [0.05, 0.1) is 17.3 Å². The lowest BCUT2D eigenvalue weighted by Crippen LogP contribution is -2.53. The van der Waals surface area contributed by atoms with Crippen molar-refractivity contribution < 1.29 is 17.9 Å². The van der Waals surface area contributed by atoms with Gasteiger partial charge in [-0.15, -0.1) is 0 Å². The van der Waals surface area contributed by atoms with E-state index < -0.39 is 9.84 Å². The molecule has 156 valence electrons. The molecule has 0 saturated carbocycles. The zero-order chi connectivity index (χ0) is 20.9. The molecule has 2 aromatic carbocycles. The molecule has 0 bridgehead atoms. The summed E-state index contributed by atoms with van der Waals surface area (Å²) >= 11 is 0. The maximum atomic E-state index is 12.9. The van der Waals surface area contributed by atoms with E-state index in [0.29, 0.717) is 12.1 Å².